The Hall–Kier alpha value is -2.58. The molecule has 30 heavy (non-hydrogen) atoms. The number of benzene rings is 2. The van der Waals surface area contributed by atoms with Crippen LogP contribution in [0, 0.1) is 5.82 Å². The Balaban J connectivity index is 1.55. The Morgan fingerprint density at radius 1 is 1.30 bits per heavy atom. The Labute approximate surface area is 182 Å². The van der Waals surface area contributed by atoms with E-state index in [0.29, 0.717) is 33.0 Å². The van der Waals surface area contributed by atoms with Gasteiger partial charge >= 0.3 is 0 Å². The predicted octanol–water partition coefficient (Wildman–Crippen LogP) is 5.20. The smallest absolute Gasteiger partial charge is 0.237 e. The molecule has 9 heteroatoms. The first kappa shape index (κ1) is 20.7. The summed E-state index contributed by atoms with van der Waals surface area (Å²) in [5, 5.41) is 12.0. The molecule has 6 nitrogen and oxygen atoms in total. The first-order valence-electron chi connectivity index (χ1n) is 9.48. The molecule has 1 saturated carbocycles. The molecule has 2 aromatic carbocycles. The minimum absolute atomic E-state index is 0.223. The van der Waals surface area contributed by atoms with Crippen LogP contribution >= 0.6 is 23.4 Å². The molecule has 1 atom stereocenters. The lowest BCUT2D eigenvalue weighted by molar-refractivity contribution is -0.115. The number of carbonyl (C=O) groups excluding carboxylic acids is 1. The summed E-state index contributed by atoms with van der Waals surface area (Å²) in [4.78, 5) is 12.8. The zero-order valence-electron chi connectivity index (χ0n) is 16.4. The van der Waals surface area contributed by atoms with E-state index in [9.17, 15) is 9.18 Å². The first-order valence-corrected chi connectivity index (χ1v) is 10.7. The molecule has 0 radical (unpaired) electrons. The summed E-state index contributed by atoms with van der Waals surface area (Å²) < 4.78 is 21.5. The van der Waals surface area contributed by atoms with Crippen LogP contribution < -0.4 is 10.1 Å². The monoisotopic (exact) mass is 446 g/mol. The summed E-state index contributed by atoms with van der Waals surface area (Å²) in [6, 6.07) is 11.8. The molecule has 1 amide bonds. The Morgan fingerprint density at radius 2 is 2.07 bits per heavy atom. The van der Waals surface area contributed by atoms with E-state index in [1.807, 2.05) is 4.57 Å². The van der Waals surface area contributed by atoms with Crippen molar-refractivity contribution in [3.8, 4) is 17.1 Å². The third-order valence-corrected chi connectivity index (χ3v) is 6.05. The van der Waals surface area contributed by atoms with Crippen molar-refractivity contribution in [2.75, 3.05) is 12.4 Å². The molecule has 156 valence electrons. The highest BCUT2D eigenvalue weighted by atomic mass is 35.5. The van der Waals surface area contributed by atoms with Gasteiger partial charge in [0.2, 0.25) is 5.91 Å². The molecule has 0 bridgehead atoms. The van der Waals surface area contributed by atoms with Crippen LogP contribution in [-0.2, 0) is 4.79 Å². The van der Waals surface area contributed by atoms with Gasteiger partial charge in [-0.2, -0.15) is 0 Å². The molecule has 4 rings (SSSR count). The van der Waals surface area contributed by atoms with E-state index in [1.54, 1.807) is 43.3 Å². The quantitative estimate of drug-likeness (QED) is 0.505. The van der Waals surface area contributed by atoms with Crippen molar-refractivity contribution in [1.29, 1.82) is 0 Å². The highest BCUT2D eigenvalue weighted by molar-refractivity contribution is 8.00. The molecule has 3 aromatic rings. The zero-order chi connectivity index (χ0) is 21.3. The Morgan fingerprint density at radius 3 is 2.77 bits per heavy atom. The summed E-state index contributed by atoms with van der Waals surface area (Å²) in [6.07, 6.45) is 1.96. The van der Waals surface area contributed by atoms with Gasteiger partial charge in [0.15, 0.2) is 11.0 Å². The molecule has 0 unspecified atom stereocenters. The normalized spacial score (nSPS) is 14.4. The van der Waals surface area contributed by atoms with Gasteiger partial charge in [-0.05, 0) is 50.1 Å². The van der Waals surface area contributed by atoms with Crippen LogP contribution in [0.1, 0.15) is 25.8 Å². The summed E-state index contributed by atoms with van der Waals surface area (Å²) in [5.41, 5.74) is 0.905. The molecule has 1 N–H and O–H groups in total. The van der Waals surface area contributed by atoms with Crippen molar-refractivity contribution in [2.45, 2.75) is 36.2 Å². The number of amides is 1. The summed E-state index contributed by atoms with van der Waals surface area (Å²) in [6.45, 7) is 1.78. The number of carbonyl (C=O) groups is 1. The number of hydrogen-bond acceptors (Lipinski definition) is 5. The number of nitrogens with zero attached hydrogens (tertiary/aromatic N) is 3. The van der Waals surface area contributed by atoms with Crippen molar-refractivity contribution in [3.63, 3.8) is 0 Å². The van der Waals surface area contributed by atoms with Gasteiger partial charge in [-0.25, -0.2) is 4.39 Å². The Kier molecular flexibility index (Phi) is 5.97. The fourth-order valence-corrected chi connectivity index (χ4v) is 4.16. The minimum Gasteiger partial charge on any atom is -0.495 e. The van der Waals surface area contributed by atoms with E-state index in [0.717, 1.165) is 12.8 Å². The van der Waals surface area contributed by atoms with Crippen LogP contribution in [0.4, 0.5) is 10.1 Å². The van der Waals surface area contributed by atoms with Crippen LogP contribution in [-0.4, -0.2) is 33.0 Å². The standard InChI is InChI=1S/C21H20ClFN4O2S/c1-12(20(28)24-17-11-13(22)7-10-18(17)29-2)30-21-26-25-19(27(21)14-8-9-14)15-5-3-4-6-16(15)23/h3-7,10-12,14H,8-9H2,1-2H3,(H,24,28)/t12-/m0/s1. The topological polar surface area (TPSA) is 69.0 Å². The second-order valence-electron chi connectivity index (χ2n) is 6.98. The molecule has 1 fully saturated rings. The molecule has 0 saturated heterocycles. The van der Waals surface area contributed by atoms with Gasteiger partial charge in [-0.1, -0.05) is 35.5 Å². The number of hydrogen-bond donors (Lipinski definition) is 1. The second-order valence-corrected chi connectivity index (χ2v) is 8.73. The molecule has 1 aliphatic rings. The van der Waals surface area contributed by atoms with E-state index in [4.69, 9.17) is 16.3 Å². The van der Waals surface area contributed by atoms with Crippen LogP contribution in [0.3, 0.4) is 0 Å². The molecule has 1 aromatic heterocycles. The summed E-state index contributed by atoms with van der Waals surface area (Å²) in [7, 11) is 1.53. The van der Waals surface area contributed by atoms with Crippen molar-refractivity contribution < 1.29 is 13.9 Å². The lowest BCUT2D eigenvalue weighted by Crippen LogP contribution is -2.23. The number of halogens is 2. The lowest BCUT2D eigenvalue weighted by Gasteiger charge is -2.15. The van der Waals surface area contributed by atoms with Crippen molar-refractivity contribution >= 4 is 35.0 Å². The Bertz CT molecular complexity index is 1090. The molecule has 0 spiro atoms. The van der Waals surface area contributed by atoms with Gasteiger partial charge in [-0.3, -0.25) is 9.36 Å². The maximum absolute atomic E-state index is 14.3. The largest absolute Gasteiger partial charge is 0.495 e. The van der Waals surface area contributed by atoms with Gasteiger partial charge in [0, 0.05) is 11.1 Å². The van der Waals surface area contributed by atoms with Gasteiger partial charge in [0.1, 0.15) is 11.6 Å². The minimum atomic E-state index is -0.469. The lowest BCUT2D eigenvalue weighted by atomic mass is 10.2. The van der Waals surface area contributed by atoms with E-state index in [1.165, 1.54) is 24.9 Å². The maximum Gasteiger partial charge on any atom is 0.237 e. The van der Waals surface area contributed by atoms with Crippen molar-refractivity contribution in [3.05, 3.63) is 53.3 Å². The number of anilines is 1. The van der Waals surface area contributed by atoms with E-state index in [2.05, 4.69) is 15.5 Å². The molecular weight excluding hydrogens is 427 g/mol. The maximum atomic E-state index is 14.3. The second kappa shape index (κ2) is 8.65. The zero-order valence-corrected chi connectivity index (χ0v) is 18.0. The highest BCUT2D eigenvalue weighted by Gasteiger charge is 2.32. The van der Waals surface area contributed by atoms with Crippen LogP contribution in [0.25, 0.3) is 11.4 Å². The highest BCUT2D eigenvalue weighted by Crippen LogP contribution is 2.42. The number of thioether (sulfide) groups is 1. The summed E-state index contributed by atoms with van der Waals surface area (Å²) >= 11 is 7.32. The number of methoxy groups -OCH3 is 1. The van der Waals surface area contributed by atoms with Crippen molar-refractivity contribution in [1.82, 2.24) is 14.8 Å². The van der Waals surface area contributed by atoms with Gasteiger partial charge < -0.3 is 10.1 Å². The van der Waals surface area contributed by atoms with Crippen molar-refractivity contribution in [2.24, 2.45) is 0 Å². The summed E-state index contributed by atoms with van der Waals surface area (Å²) in [5.74, 6) is 0.440. The third kappa shape index (κ3) is 4.29. The average Bonchev–Trinajstić information content (AvgIpc) is 3.49. The SMILES string of the molecule is COc1ccc(Cl)cc1NC(=O)[C@H](C)Sc1nnc(-c2ccccc2F)n1C1CC1. The fourth-order valence-electron chi connectivity index (χ4n) is 3.07. The molecule has 0 aliphatic heterocycles. The van der Waals surface area contributed by atoms with Crippen LogP contribution in [0.5, 0.6) is 5.75 Å². The van der Waals surface area contributed by atoms with Gasteiger partial charge in [0.25, 0.3) is 0 Å². The molecular formula is C21H20ClFN4O2S. The number of ether oxygens (including phenoxy) is 1. The fraction of sp³-hybridized carbons (Fsp3) is 0.286. The van der Waals surface area contributed by atoms with Crippen LogP contribution in [0.2, 0.25) is 5.02 Å². The predicted molar refractivity (Wildman–Crippen MR) is 116 cm³/mol. The number of nitrogens with one attached hydrogen (secondary N) is 1. The first-order chi connectivity index (χ1) is 14.5. The van der Waals surface area contributed by atoms with E-state index in [-0.39, 0.29) is 17.8 Å². The third-order valence-electron chi connectivity index (χ3n) is 4.76. The average molecular weight is 447 g/mol. The van der Waals surface area contributed by atoms with Crippen LogP contribution in [0.15, 0.2) is 47.6 Å². The van der Waals surface area contributed by atoms with E-state index >= 15 is 0 Å². The van der Waals surface area contributed by atoms with E-state index < -0.39 is 5.25 Å². The van der Waals surface area contributed by atoms with Gasteiger partial charge in [-0.15, -0.1) is 10.2 Å². The molecule has 1 aliphatic carbocycles. The number of rotatable bonds is 7. The van der Waals surface area contributed by atoms with Gasteiger partial charge in [0.05, 0.1) is 23.6 Å². The number of aromatic nitrogens is 3. The molecule has 1 heterocycles.